The lowest BCUT2D eigenvalue weighted by molar-refractivity contribution is -0.134. The van der Waals surface area contributed by atoms with Crippen molar-refractivity contribution in [3.05, 3.63) is 48.0 Å². The molecule has 0 unspecified atom stereocenters. The molecule has 0 aliphatic carbocycles. The van der Waals surface area contributed by atoms with Crippen molar-refractivity contribution >= 4 is 22.6 Å². The van der Waals surface area contributed by atoms with E-state index in [4.69, 9.17) is 5.73 Å². The Kier molecular flexibility index (Phi) is 5.34. The molecule has 0 bridgehead atoms. The van der Waals surface area contributed by atoms with Crippen molar-refractivity contribution in [2.45, 2.75) is 25.8 Å². The summed E-state index contributed by atoms with van der Waals surface area (Å²) < 4.78 is 0. The first-order chi connectivity index (χ1) is 12.1. The Hall–Kier alpha value is -2.40. The van der Waals surface area contributed by atoms with Gasteiger partial charge in [-0.25, -0.2) is 0 Å². The summed E-state index contributed by atoms with van der Waals surface area (Å²) in [5.74, 6) is 0.0286. The maximum Gasteiger partial charge on any atom is 0.254 e. The first-order valence-electron chi connectivity index (χ1n) is 8.93. The summed E-state index contributed by atoms with van der Waals surface area (Å²) in [6, 6.07) is 13.3. The molecule has 1 saturated heterocycles. The second-order valence-corrected chi connectivity index (χ2v) is 6.54. The number of amides is 2. The van der Waals surface area contributed by atoms with E-state index in [2.05, 4.69) is 0 Å². The highest BCUT2D eigenvalue weighted by Crippen LogP contribution is 2.20. The minimum atomic E-state index is -0.426. The minimum absolute atomic E-state index is 0.000824. The largest absolute Gasteiger partial charge is 0.338 e. The molecule has 0 spiro atoms. The third-order valence-corrected chi connectivity index (χ3v) is 4.82. The van der Waals surface area contributed by atoms with E-state index >= 15 is 0 Å². The molecule has 0 aromatic heterocycles. The minimum Gasteiger partial charge on any atom is -0.338 e. The molecule has 1 aliphatic heterocycles. The summed E-state index contributed by atoms with van der Waals surface area (Å²) in [6.45, 7) is 4.21. The molecule has 5 heteroatoms. The molecule has 3 rings (SSSR count). The van der Waals surface area contributed by atoms with Crippen molar-refractivity contribution in [1.29, 1.82) is 0 Å². The lowest BCUT2D eigenvalue weighted by atomic mass is 10.0. The summed E-state index contributed by atoms with van der Waals surface area (Å²) in [5.41, 5.74) is 6.66. The monoisotopic (exact) mass is 339 g/mol. The Labute approximate surface area is 148 Å². The number of fused-ring (bicyclic) bond motifs is 1. The maximum atomic E-state index is 12.9. The molecular formula is C20H25N3O2. The van der Waals surface area contributed by atoms with Crippen molar-refractivity contribution < 1.29 is 9.59 Å². The van der Waals surface area contributed by atoms with Crippen molar-refractivity contribution in [3.8, 4) is 0 Å². The Balaban J connectivity index is 1.68. The van der Waals surface area contributed by atoms with Gasteiger partial charge < -0.3 is 15.5 Å². The van der Waals surface area contributed by atoms with E-state index in [0.717, 1.165) is 22.8 Å². The lowest BCUT2D eigenvalue weighted by Gasteiger charge is -2.36. The van der Waals surface area contributed by atoms with Gasteiger partial charge in [-0.15, -0.1) is 0 Å². The van der Waals surface area contributed by atoms with Crippen LogP contribution in [0, 0.1) is 0 Å². The van der Waals surface area contributed by atoms with Gasteiger partial charge in [0.1, 0.15) is 0 Å². The summed E-state index contributed by atoms with van der Waals surface area (Å²) >= 11 is 0. The van der Waals surface area contributed by atoms with Crippen molar-refractivity contribution in [2.24, 2.45) is 5.73 Å². The summed E-state index contributed by atoms with van der Waals surface area (Å²) in [6.07, 6.45) is 1.60. The van der Waals surface area contributed by atoms with E-state index < -0.39 is 6.04 Å². The second kappa shape index (κ2) is 7.66. The fraction of sp³-hybridized carbons (Fsp3) is 0.400. The average molecular weight is 339 g/mol. The molecule has 2 amide bonds. The Bertz CT molecular complexity index is 761. The number of benzene rings is 2. The molecule has 132 valence electrons. The molecule has 0 radical (unpaired) electrons. The molecule has 5 nitrogen and oxygen atoms in total. The Morgan fingerprint density at radius 2 is 1.64 bits per heavy atom. The van der Waals surface area contributed by atoms with Gasteiger partial charge in [-0.1, -0.05) is 49.7 Å². The predicted octanol–water partition coefficient (Wildman–Crippen LogP) is 2.25. The fourth-order valence-corrected chi connectivity index (χ4v) is 3.38. The highest BCUT2D eigenvalue weighted by atomic mass is 16.2. The molecule has 2 aromatic rings. The van der Waals surface area contributed by atoms with Gasteiger partial charge >= 0.3 is 0 Å². The SMILES string of the molecule is CCC[C@H](N)C(=O)N1CCN(C(=O)c2cccc3ccccc23)CC1. The molecule has 2 N–H and O–H groups in total. The van der Waals surface area contributed by atoms with Crippen LogP contribution in [0.4, 0.5) is 0 Å². The zero-order chi connectivity index (χ0) is 17.8. The predicted molar refractivity (Wildman–Crippen MR) is 99.3 cm³/mol. The van der Waals surface area contributed by atoms with Gasteiger partial charge in [0.15, 0.2) is 0 Å². The van der Waals surface area contributed by atoms with Gasteiger partial charge in [0.2, 0.25) is 5.91 Å². The van der Waals surface area contributed by atoms with E-state index in [9.17, 15) is 9.59 Å². The molecule has 2 aromatic carbocycles. The number of carbonyl (C=O) groups excluding carboxylic acids is 2. The third-order valence-electron chi connectivity index (χ3n) is 4.82. The number of nitrogens with zero attached hydrogens (tertiary/aromatic N) is 2. The number of piperazine rings is 1. The van der Waals surface area contributed by atoms with E-state index in [1.165, 1.54) is 0 Å². The number of hydrogen-bond acceptors (Lipinski definition) is 3. The van der Waals surface area contributed by atoms with Crippen LogP contribution in [0.3, 0.4) is 0 Å². The topological polar surface area (TPSA) is 66.6 Å². The molecule has 1 heterocycles. The smallest absolute Gasteiger partial charge is 0.254 e. The Morgan fingerprint density at radius 3 is 2.36 bits per heavy atom. The average Bonchev–Trinajstić information content (AvgIpc) is 2.66. The van der Waals surface area contributed by atoms with Gasteiger partial charge in [0.05, 0.1) is 6.04 Å². The maximum absolute atomic E-state index is 12.9. The van der Waals surface area contributed by atoms with Gasteiger partial charge in [0, 0.05) is 31.7 Å². The quantitative estimate of drug-likeness (QED) is 0.929. The highest BCUT2D eigenvalue weighted by molar-refractivity contribution is 6.07. The molecule has 1 aliphatic rings. The van der Waals surface area contributed by atoms with Gasteiger partial charge in [-0.2, -0.15) is 0 Å². The molecule has 1 fully saturated rings. The number of hydrogen-bond donors (Lipinski definition) is 1. The van der Waals surface area contributed by atoms with Crippen LogP contribution in [0.25, 0.3) is 10.8 Å². The molecule has 0 saturated carbocycles. The van der Waals surface area contributed by atoms with E-state index in [0.29, 0.717) is 32.6 Å². The number of nitrogens with two attached hydrogens (primary N) is 1. The van der Waals surface area contributed by atoms with Crippen LogP contribution in [0.2, 0.25) is 0 Å². The molecular weight excluding hydrogens is 314 g/mol. The standard InChI is InChI=1S/C20H25N3O2/c1-2-6-18(21)20(25)23-13-11-22(12-14-23)19(24)17-10-5-8-15-7-3-4-9-16(15)17/h3-5,7-10,18H,2,6,11-14,21H2,1H3/t18-/m0/s1. The van der Waals surface area contributed by atoms with Crippen molar-refractivity contribution in [1.82, 2.24) is 9.80 Å². The fourth-order valence-electron chi connectivity index (χ4n) is 3.38. The zero-order valence-corrected chi connectivity index (χ0v) is 14.6. The summed E-state index contributed by atoms with van der Waals surface area (Å²) in [5, 5.41) is 2.03. The van der Waals surface area contributed by atoms with Gasteiger partial charge in [0.25, 0.3) is 5.91 Å². The van der Waals surface area contributed by atoms with E-state index in [1.807, 2.05) is 54.3 Å². The number of rotatable bonds is 4. The van der Waals surface area contributed by atoms with Gasteiger partial charge in [-0.05, 0) is 23.3 Å². The van der Waals surface area contributed by atoms with Crippen LogP contribution in [-0.2, 0) is 4.79 Å². The first kappa shape index (κ1) is 17.4. The van der Waals surface area contributed by atoms with Crippen LogP contribution in [0.15, 0.2) is 42.5 Å². The van der Waals surface area contributed by atoms with E-state index in [-0.39, 0.29) is 11.8 Å². The van der Waals surface area contributed by atoms with Crippen LogP contribution in [0.1, 0.15) is 30.1 Å². The van der Waals surface area contributed by atoms with Crippen LogP contribution >= 0.6 is 0 Å². The highest BCUT2D eigenvalue weighted by Gasteiger charge is 2.27. The van der Waals surface area contributed by atoms with Crippen LogP contribution in [-0.4, -0.2) is 53.8 Å². The van der Waals surface area contributed by atoms with Crippen molar-refractivity contribution in [3.63, 3.8) is 0 Å². The van der Waals surface area contributed by atoms with Crippen LogP contribution < -0.4 is 5.73 Å². The normalized spacial score (nSPS) is 16.1. The molecule has 25 heavy (non-hydrogen) atoms. The second-order valence-electron chi connectivity index (χ2n) is 6.54. The first-order valence-corrected chi connectivity index (χ1v) is 8.93. The summed E-state index contributed by atoms with van der Waals surface area (Å²) in [4.78, 5) is 28.8. The molecule has 1 atom stereocenters. The van der Waals surface area contributed by atoms with Crippen molar-refractivity contribution in [2.75, 3.05) is 26.2 Å². The van der Waals surface area contributed by atoms with Gasteiger partial charge in [-0.3, -0.25) is 9.59 Å². The third kappa shape index (κ3) is 3.66. The lowest BCUT2D eigenvalue weighted by Crippen LogP contribution is -2.54. The summed E-state index contributed by atoms with van der Waals surface area (Å²) in [7, 11) is 0. The number of carbonyl (C=O) groups is 2. The van der Waals surface area contributed by atoms with E-state index in [1.54, 1.807) is 4.90 Å². The van der Waals surface area contributed by atoms with Crippen LogP contribution in [0.5, 0.6) is 0 Å². The zero-order valence-electron chi connectivity index (χ0n) is 14.6. The Morgan fingerprint density at radius 1 is 1.00 bits per heavy atom.